The second-order valence-electron chi connectivity index (χ2n) is 7.70. The summed E-state index contributed by atoms with van der Waals surface area (Å²) in [4.78, 5) is 34.5. The molecule has 13 heteroatoms. The third-order valence-corrected chi connectivity index (χ3v) is 6.38. The van der Waals surface area contributed by atoms with E-state index in [0.29, 0.717) is 16.6 Å². The smallest absolute Gasteiger partial charge is 0.422 e. The fraction of sp³-hybridized carbons (Fsp3) is 0.391. The van der Waals surface area contributed by atoms with E-state index in [-0.39, 0.29) is 42.0 Å². The predicted octanol–water partition coefficient (Wildman–Crippen LogP) is 3.84. The first-order valence-electron chi connectivity index (χ1n) is 10.9. The molecule has 0 aliphatic heterocycles. The van der Waals surface area contributed by atoms with Crippen LogP contribution >= 0.6 is 0 Å². The second kappa shape index (κ2) is 11.5. The molecule has 0 unspecified atom stereocenters. The molecular weight excluding hydrogens is 501 g/mol. The van der Waals surface area contributed by atoms with Crippen LogP contribution in [0.5, 0.6) is 5.75 Å². The van der Waals surface area contributed by atoms with Crippen LogP contribution < -0.4 is 4.74 Å². The molecule has 3 rings (SSSR count). The third kappa shape index (κ3) is 6.59. The Morgan fingerprint density at radius 3 is 2.58 bits per heavy atom. The first kappa shape index (κ1) is 27.1. The van der Waals surface area contributed by atoms with E-state index in [1.54, 1.807) is 31.2 Å². The number of amides is 1. The Balaban J connectivity index is 1.92. The number of alkyl halides is 3. The van der Waals surface area contributed by atoms with Crippen molar-refractivity contribution in [1.82, 2.24) is 19.4 Å². The topological polar surface area (TPSA) is 104 Å². The van der Waals surface area contributed by atoms with Gasteiger partial charge in [-0.2, -0.15) is 13.2 Å². The Kier molecular flexibility index (Phi) is 8.66. The lowest BCUT2D eigenvalue weighted by Gasteiger charge is -2.22. The molecule has 1 amide bonds. The minimum absolute atomic E-state index is 0.00615. The number of benzene rings is 1. The fourth-order valence-electron chi connectivity index (χ4n) is 3.38. The zero-order valence-electron chi connectivity index (χ0n) is 19.9. The number of nitrogens with zero attached hydrogens (tertiary/aromatic N) is 4. The molecule has 0 saturated heterocycles. The SMILES string of the molecule is CCN(CCOC(C)=O)C(=O)n1c([S@@](=O)Cc2nccc(OCC(F)(F)F)c2C)nc2ccccc21. The van der Waals surface area contributed by atoms with E-state index in [1.807, 2.05) is 0 Å². The highest BCUT2D eigenvalue weighted by molar-refractivity contribution is 7.84. The predicted molar refractivity (Wildman–Crippen MR) is 125 cm³/mol. The van der Waals surface area contributed by atoms with Crippen LogP contribution in [0.1, 0.15) is 25.1 Å². The first-order valence-corrected chi connectivity index (χ1v) is 12.3. The van der Waals surface area contributed by atoms with Crippen LogP contribution in [0.3, 0.4) is 0 Å². The van der Waals surface area contributed by atoms with Gasteiger partial charge in [-0.25, -0.2) is 14.3 Å². The molecule has 1 aromatic carbocycles. The van der Waals surface area contributed by atoms with Gasteiger partial charge >= 0.3 is 18.2 Å². The van der Waals surface area contributed by atoms with Crippen molar-refractivity contribution in [2.24, 2.45) is 0 Å². The van der Waals surface area contributed by atoms with Crippen LogP contribution in [-0.4, -0.2) is 68.1 Å². The molecule has 2 heterocycles. The van der Waals surface area contributed by atoms with Crippen molar-refractivity contribution in [1.29, 1.82) is 0 Å². The second-order valence-corrected chi connectivity index (χ2v) is 9.04. The third-order valence-electron chi connectivity index (χ3n) is 5.16. The number of halogens is 3. The van der Waals surface area contributed by atoms with Crippen molar-refractivity contribution >= 4 is 33.8 Å². The maximum absolute atomic E-state index is 13.4. The first-order chi connectivity index (χ1) is 17.0. The number of carbonyl (C=O) groups is 2. The van der Waals surface area contributed by atoms with E-state index >= 15 is 0 Å². The molecular formula is C23H25F3N4O5S. The van der Waals surface area contributed by atoms with E-state index < -0.39 is 35.6 Å². The summed E-state index contributed by atoms with van der Waals surface area (Å²) < 4.78 is 62.2. The zero-order valence-corrected chi connectivity index (χ0v) is 20.7. The van der Waals surface area contributed by atoms with Crippen molar-refractivity contribution in [2.45, 2.75) is 37.9 Å². The van der Waals surface area contributed by atoms with Crippen LogP contribution in [0.4, 0.5) is 18.0 Å². The number of rotatable bonds is 9. The van der Waals surface area contributed by atoms with Crippen LogP contribution in [-0.2, 0) is 26.1 Å². The summed E-state index contributed by atoms with van der Waals surface area (Å²) >= 11 is 0. The largest absolute Gasteiger partial charge is 0.484 e. The molecule has 0 aliphatic rings. The van der Waals surface area contributed by atoms with Crippen molar-refractivity contribution in [3.63, 3.8) is 0 Å². The molecule has 9 nitrogen and oxygen atoms in total. The van der Waals surface area contributed by atoms with Crippen molar-refractivity contribution in [3.8, 4) is 5.75 Å². The van der Waals surface area contributed by atoms with Crippen LogP contribution in [0, 0.1) is 6.92 Å². The van der Waals surface area contributed by atoms with Gasteiger partial charge in [0.05, 0.1) is 39.8 Å². The summed E-state index contributed by atoms with van der Waals surface area (Å²) in [6, 6.07) is 7.56. The van der Waals surface area contributed by atoms with Gasteiger partial charge in [0.1, 0.15) is 12.4 Å². The molecule has 0 aliphatic carbocycles. The normalized spacial score (nSPS) is 12.4. The maximum Gasteiger partial charge on any atom is 0.422 e. The number of carbonyl (C=O) groups excluding carboxylic acids is 2. The number of ether oxygens (including phenoxy) is 2. The molecule has 0 radical (unpaired) electrons. The summed E-state index contributed by atoms with van der Waals surface area (Å²) in [6.07, 6.45) is -3.24. The molecule has 0 N–H and O–H groups in total. The summed E-state index contributed by atoms with van der Waals surface area (Å²) in [5.41, 5.74) is 1.43. The minimum atomic E-state index is -4.51. The fourth-order valence-corrected chi connectivity index (χ4v) is 4.63. The van der Waals surface area contributed by atoms with Crippen molar-refractivity contribution in [2.75, 3.05) is 26.3 Å². The molecule has 2 aromatic heterocycles. The van der Waals surface area contributed by atoms with Crippen LogP contribution in [0.15, 0.2) is 41.7 Å². The highest BCUT2D eigenvalue weighted by atomic mass is 32.2. The number of hydrogen-bond acceptors (Lipinski definition) is 7. The number of para-hydroxylation sites is 2. The number of aromatic nitrogens is 3. The van der Waals surface area contributed by atoms with Crippen molar-refractivity contribution in [3.05, 3.63) is 47.8 Å². The van der Waals surface area contributed by atoms with Crippen LogP contribution in [0.2, 0.25) is 0 Å². The average molecular weight is 527 g/mol. The van der Waals surface area contributed by atoms with Gasteiger partial charge in [-0.3, -0.25) is 14.0 Å². The molecule has 1 atom stereocenters. The Morgan fingerprint density at radius 2 is 1.92 bits per heavy atom. The Hall–Kier alpha value is -3.48. The lowest BCUT2D eigenvalue weighted by molar-refractivity contribution is -0.153. The highest BCUT2D eigenvalue weighted by Gasteiger charge is 2.29. The van der Waals surface area contributed by atoms with Gasteiger partial charge < -0.3 is 14.4 Å². The maximum atomic E-state index is 13.4. The van der Waals surface area contributed by atoms with E-state index in [2.05, 4.69) is 9.97 Å². The molecule has 0 spiro atoms. The number of hydrogen-bond donors (Lipinski definition) is 0. The quantitative estimate of drug-likeness (QED) is 0.390. The summed E-state index contributed by atoms with van der Waals surface area (Å²) in [6.45, 7) is 3.47. The van der Waals surface area contributed by atoms with E-state index in [9.17, 15) is 27.0 Å². The lowest BCUT2D eigenvalue weighted by Crippen LogP contribution is -2.38. The summed E-state index contributed by atoms with van der Waals surface area (Å²) in [5.74, 6) is -0.704. The molecule has 0 fully saturated rings. The number of fused-ring (bicyclic) bond motifs is 1. The average Bonchev–Trinajstić information content (AvgIpc) is 3.21. The number of imidazole rings is 1. The minimum Gasteiger partial charge on any atom is -0.484 e. The van der Waals surface area contributed by atoms with Gasteiger partial charge in [0.25, 0.3) is 0 Å². The van der Waals surface area contributed by atoms with Gasteiger partial charge in [-0.05, 0) is 32.0 Å². The Morgan fingerprint density at radius 1 is 1.19 bits per heavy atom. The molecule has 3 aromatic rings. The molecule has 36 heavy (non-hydrogen) atoms. The van der Waals surface area contributed by atoms with Gasteiger partial charge in [-0.1, -0.05) is 12.1 Å². The monoisotopic (exact) mass is 526 g/mol. The molecule has 0 bridgehead atoms. The number of pyridine rings is 1. The summed E-state index contributed by atoms with van der Waals surface area (Å²) in [7, 11) is -1.89. The zero-order chi connectivity index (χ0) is 26.5. The van der Waals surface area contributed by atoms with Gasteiger partial charge in [0.15, 0.2) is 6.61 Å². The van der Waals surface area contributed by atoms with Gasteiger partial charge in [-0.15, -0.1) is 0 Å². The lowest BCUT2D eigenvalue weighted by atomic mass is 10.2. The van der Waals surface area contributed by atoms with Gasteiger partial charge in [0, 0.05) is 25.2 Å². The van der Waals surface area contributed by atoms with Crippen LogP contribution in [0.25, 0.3) is 11.0 Å². The number of likely N-dealkylation sites (N-methyl/N-ethyl adjacent to an activating group) is 1. The summed E-state index contributed by atoms with van der Waals surface area (Å²) in [5, 5.41) is -0.0325. The standard InChI is InChI=1S/C23H25F3N4O5S/c1-4-29(11-12-34-16(3)31)22(32)30-19-8-6-5-7-17(19)28-21(30)36(33)13-18-15(2)20(9-10-27-18)35-14-23(24,25)26/h5-10H,4,11-14H2,1-3H3/t36-/m0/s1. The molecule has 0 saturated carbocycles. The van der Waals surface area contributed by atoms with E-state index in [4.69, 9.17) is 9.47 Å². The van der Waals surface area contributed by atoms with E-state index in [1.165, 1.54) is 35.6 Å². The molecule has 194 valence electrons. The Labute approximate surface area is 207 Å². The number of esters is 1. The van der Waals surface area contributed by atoms with Crippen molar-refractivity contribution < 1.29 is 36.4 Å². The van der Waals surface area contributed by atoms with E-state index in [0.717, 1.165) is 0 Å². The Bertz CT molecular complexity index is 1280. The van der Waals surface area contributed by atoms with Gasteiger partial charge in [0.2, 0.25) is 5.16 Å². The highest BCUT2D eigenvalue weighted by Crippen LogP contribution is 2.26.